The molecule has 0 bridgehead atoms. The van der Waals surface area contributed by atoms with Crippen molar-refractivity contribution in [3.63, 3.8) is 0 Å². The lowest BCUT2D eigenvalue weighted by Crippen LogP contribution is -3.06. The number of nitrogens with one attached hydrogen (secondary N) is 2. The van der Waals surface area contributed by atoms with E-state index in [-0.39, 0.29) is 17.2 Å². The van der Waals surface area contributed by atoms with Gasteiger partial charge in [-0.25, -0.2) is 0 Å². The van der Waals surface area contributed by atoms with E-state index in [1.165, 1.54) is 9.58 Å². The average molecular weight is 367 g/mol. The van der Waals surface area contributed by atoms with Gasteiger partial charge in [0, 0.05) is 11.5 Å². The van der Waals surface area contributed by atoms with Crippen LogP contribution in [0.1, 0.15) is 10.5 Å². The van der Waals surface area contributed by atoms with Gasteiger partial charge in [0.1, 0.15) is 5.75 Å². The Kier molecular flexibility index (Phi) is 5.52. The summed E-state index contributed by atoms with van der Waals surface area (Å²) in [6.45, 7) is 1.31. The first-order valence-electron chi connectivity index (χ1n) is 8.75. The van der Waals surface area contributed by atoms with Gasteiger partial charge >= 0.3 is 0 Å². The molecule has 2 aromatic carbocycles. The van der Waals surface area contributed by atoms with E-state index in [9.17, 15) is 9.59 Å². The smallest absolute Gasteiger partial charge is 0.279 e. The van der Waals surface area contributed by atoms with Crippen LogP contribution in [0.5, 0.6) is 5.75 Å². The Labute approximate surface area is 157 Å². The Hall–Kier alpha value is -3.19. The normalized spacial score (nSPS) is 11.0. The molecule has 1 amide bonds. The van der Waals surface area contributed by atoms with Crippen LogP contribution in [0, 0.1) is 0 Å². The molecular weight excluding hydrogens is 344 g/mol. The number of fused-ring (bicyclic) bond motifs is 1. The van der Waals surface area contributed by atoms with Gasteiger partial charge in [0.15, 0.2) is 5.69 Å². The Bertz CT molecular complexity index is 1030. The second-order valence-electron chi connectivity index (χ2n) is 6.53. The predicted molar refractivity (Wildman–Crippen MR) is 104 cm³/mol. The lowest BCUT2D eigenvalue weighted by Gasteiger charge is -2.12. The fraction of sp³-hybridized carbons (Fsp3) is 0.250. The second kappa shape index (κ2) is 8.01. The van der Waals surface area contributed by atoms with Crippen LogP contribution in [0.4, 0.5) is 0 Å². The summed E-state index contributed by atoms with van der Waals surface area (Å²) in [5.74, 6) is 0.304. The summed E-state index contributed by atoms with van der Waals surface area (Å²) < 4.78 is 6.48. The maximum Gasteiger partial charge on any atom is 0.279 e. The van der Waals surface area contributed by atoms with Crippen LogP contribution < -0.4 is 20.5 Å². The second-order valence-corrected chi connectivity index (χ2v) is 6.53. The molecule has 0 radical (unpaired) electrons. The van der Waals surface area contributed by atoms with E-state index in [4.69, 9.17) is 4.74 Å². The van der Waals surface area contributed by atoms with E-state index in [1.807, 2.05) is 14.1 Å². The highest BCUT2D eigenvalue weighted by Gasteiger charge is 2.17. The molecule has 2 N–H and O–H groups in total. The number of rotatable bonds is 6. The molecule has 0 saturated carbocycles. The number of ether oxygens (including phenoxy) is 1. The minimum atomic E-state index is -0.302. The molecule has 7 heteroatoms. The third-order valence-corrected chi connectivity index (χ3v) is 4.23. The standard InChI is InChI=1S/C20H22N4O3/c1-23(2)12-11-21-19(25)18-16-9-4-5-10-17(16)20(26)24(22-18)14-7-6-8-15(13-14)27-3/h4-10,13H,11-12H2,1-3H3,(H,21,25)/p+1. The number of benzene rings is 2. The molecule has 1 heterocycles. The van der Waals surface area contributed by atoms with Crippen LogP contribution in [0.25, 0.3) is 16.5 Å². The van der Waals surface area contributed by atoms with Gasteiger partial charge in [-0.3, -0.25) is 9.59 Å². The van der Waals surface area contributed by atoms with E-state index in [0.717, 1.165) is 6.54 Å². The molecule has 0 fully saturated rings. The Morgan fingerprint density at radius 2 is 1.89 bits per heavy atom. The van der Waals surface area contributed by atoms with Crippen molar-refractivity contribution in [3.8, 4) is 11.4 Å². The molecule has 1 aromatic heterocycles. The molecule has 3 aromatic rings. The topological polar surface area (TPSA) is 77.7 Å². The summed E-state index contributed by atoms with van der Waals surface area (Å²) in [6, 6.07) is 14.0. The fourth-order valence-electron chi connectivity index (χ4n) is 2.78. The van der Waals surface area contributed by atoms with Crippen LogP contribution in [-0.4, -0.2) is 50.0 Å². The van der Waals surface area contributed by atoms with E-state index in [0.29, 0.717) is 28.8 Å². The molecule has 0 spiro atoms. The number of carbonyl (C=O) groups is 1. The van der Waals surface area contributed by atoms with E-state index in [1.54, 1.807) is 55.6 Å². The minimum absolute atomic E-state index is 0.224. The summed E-state index contributed by atoms with van der Waals surface area (Å²) in [6.07, 6.45) is 0. The lowest BCUT2D eigenvalue weighted by molar-refractivity contribution is -0.856. The Balaban J connectivity index is 2.11. The van der Waals surface area contributed by atoms with Crippen molar-refractivity contribution in [1.29, 1.82) is 0 Å². The monoisotopic (exact) mass is 367 g/mol. The third kappa shape index (κ3) is 3.98. The maximum absolute atomic E-state index is 12.9. The molecule has 0 atom stereocenters. The number of carbonyl (C=O) groups excluding carboxylic acids is 1. The first kappa shape index (κ1) is 18.6. The molecule has 140 valence electrons. The van der Waals surface area contributed by atoms with Gasteiger partial charge in [-0.15, -0.1) is 0 Å². The van der Waals surface area contributed by atoms with Gasteiger partial charge in [0.2, 0.25) is 0 Å². The zero-order valence-corrected chi connectivity index (χ0v) is 15.7. The minimum Gasteiger partial charge on any atom is -0.497 e. The van der Waals surface area contributed by atoms with Crippen LogP contribution in [0.3, 0.4) is 0 Å². The number of hydrogen-bond donors (Lipinski definition) is 2. The van der Waals surface area contributed by atoms with Gasteiger partial charge in [0.25, 0.3) is 11.5 Å². The fourth-order valence-corrected chi connectivity index (χ4v) is 2.78. The van der Waals surface area contributed by atoms with E-state index in [2.05, 4.69) is 10.4 Å². The predicted octanol–water partition coefficient (Wildman–Crippen LogP) is 0.269. The molecule has 0 aliphatic carbocycles. The summed E-state index contributed by atoms with van der Waals surface area (Å²) in [5, 5.41) is 8.24. The molecule has 0 aliphatic heterocycles. The molecule has 0 unspecified atom stereocenters. The zero-order valence-electron chi connectivity index (χ0n) is 15.7. The van der Waals surface area contributed by atoms with Gasteiger partial charge in [-0.2, -0.15) is 9.78 Å². The van der Waals surface area contributed by atoms with Crippen molar-refractivity contribution in [3.05, 3.63) is 64.6 Å². The van der Waals surface area contributed by atoms with Crippen molar-refractivity contribution in [2.24, 2.45) is 0 Å². The quantitative estimate of drug-likeness (QED) is 0.656. The van der Waals surface area contributed by atoms with Crippen LogP contribution in [0.15, 0.2) is 53.3 Å². The summed E-state index contributed by atoms with van der Waals surface area (Å²) >= 11 is 0. The van der Waals surface area contributed by atoms with Crippen LogP contribution in [0.2, 0.25) is 0 Å². The maximum atomic E-state index is 12.9. The third-order valence-electron chi connectivity index (χ3n) is 4.23. The average Bonchev–Trinajstić information content (AvgIpc) is 2.68. The summed E-state index contributed by atoms with van der Waals surface area (Å²) in [7, 11) is 5.59. The molecule has 3 rings (SSSR count). The molecule has 0 saturated heterocycles. The first-order valence-corrected chi connectivity index (χ1v) is 8.75. The van der Waals surface area contributed by atoms with Crippen molar-refractivity contribution in [2.75, 3.05) is 34.3 Å². The number of methoxy groups -OCH3 is 1. The highest BCUT2D eigenvalue weighted by Crippen LogP contribution is 2.18. The van der Waals surface area contributed by atoms with E-state index < -0.39 is 0 Å². The Morgan fingerprint density at radius 1 is 1.15 bits per heavy atom. The molecule has 7 nitrogen and oxygen atoms in total. The van der Waals surface area contributed by atoms with Gasteiger partial charge in [-0.05, 0) is 18.2 Å². The molecule has 0 aliphatic rings. The number of amides is 1. The van der Waals surface area contributed by atoms with Gasteiger partial charge < -0.3 is 15.0 Å². The number of likely N-dealkylation sites (N-methyl/N-ethyl adjacent to an activating group) is 1. The van der Waals surface area contributed by atoms with Gasteiger partial charge in [-0.1, -0.05) is 24.3 Å². The highest BCUT2D eigenvalue weighted by molar-refractivity contribution is 6.04. The first-order chi connectivity index (χ1) is 13.0. The number of aromatic nitrogens is 2. The van der Waals surface area contributed by atoms with E-state index >= 15 is 0 Å². The Morgan fingerprint density at radius 3 is 2.59 bits per heavy atom. The molecule has 27 heavy (non-hydrogen) atoms. The molecular formula is C20H23N4O3+. The van der Waals surface area contributed by atoms with Crippen LogP contribution in [-0.2, 0) is 0 Å². The van der Waals surface area contributed by atoms with Crippen molar-refractivity contribution >= 4 is 16.7 Å². The number of nitrogens with zero attached hydrogens (tertiary/aromatic N) is 2. The van der Waals surface area contributed by atoms with Crippen molar-refractivity contribution in [1.82, 2.24) is 15.1 Å². The zero-order chi connectivity index (χ0) is 19.4. The highest BCUT2D eigenvalue weighted by atomic mass is 16.5. The SMILES string of the molecule is COc1cccc(-n2nc(C(=O)NCC[NH+](C)C)c3ccccc3c2=O)c1. The summed E-state index contributed by atoms with van der Waals surface area (Å²) in [4.78, 5) is 26.9. The largest absolute Gasteiger partial charge is 0.497 e. The van der Waals surface area contributed by atoms with Crippen molar-refractivity contribution in [2.45, 2.75) is 0 Å². The summed E-state index contributed by atoms with van der Waals surface area (Å²) in [5.41, 5.74) is 0.479. The number of hydrogen-bond acceptors (Lipinski definition) is 4. The number of quaternary nitrogens is 1. The van der Waals surface area contributed by atoms with Gasteiger partial charge in [0.05, 0.1) is 45.4 Å². The lowest BCUT2D eigenvalue weighted by atomic mass is 10.1. The van der Waals surface area contributed by atoms with Crippen LogP contribution >= 0.6 is 0 Å². The van der Waals surface area contributed by atoms with Crippen molar-refractivity contribution < 1.29 is 14.4 Å².